The van der Waals surface area contributed by atoms with E-state index in [2.05, 4.69) is 39.9 Å². The summed E-state index contributed by atoms with van der Waals surface area (Å²) in [6.07, 6.45) is 8.51. The van der Waals surface area contributed by atoms with E-state index < -0.39 is 34.6 Å². The third-order valence-electron chi connectivity index (χ3n) is 16.0. The van der Waals surface area contributed by atoms with Gasteiger partial charge in [0.05, 0.1) is 37.9 Å². The molecule has 6 fully saturated rings. The van der Waals surface area contributed by atoms with E-state index in [0.717, 1.165) is 51.4 Å². The topological polar surface area (TPSA) is 153 Å². The summed E-state index contributed by atoms with van der Waals surface area (Å²) in [5.41, 5.74) is -1.87. The van der Waals surface area contributed by atoms with Crippen molar-refractivity contribution in [2.75, 3.05) is 46.2 Å². The van der Waals surface area contributed by atoms with Gasteiger partial charge < -0.3 is 39.2 Å². The predicted octanol–water partition coefficient (Wildman–Crippen LogP) is 6.38. The van der Waals surface area contributed by atoms with E-state index >= 15 is 0 Å². The molecule has 5 saturated carbocycles. The minimum absolute atomic E-state index is 0.00915. The first-order valence-electron chi connectivity index (χ1n) is 20.1. The third-order valence-corrected chi connectivity index (χ3v) is 16.0. The second kappa shape index (κ2) is 14.0. The van der Waals surface area contributed by atoms with Gasteiger partial charge in [0.2, 0.25) is 0 Å². The minimum atomic E-state index is -0.773. The first-order valence-corrected chi connectivity index (χ1v) is 20.1. The van der Waals surface area contributed by atoms with Gasteiger partial charge in [-0.15, -0.1) is 0 Å². The third kappa shape index (κ3) is 6.69. The molecule has 296 valence electrons. The lowest BCUT2D eigenvalue weighted by Gasteiger charge is -2.72. The fourth-order valence-electron chi connectivity index (χ4n) is 13.2. The first-order chi connectivity index (χ1) is 24.3. The Labute approximate surface area is 310 Å². The second-order valence-electron chi connectivity index (χ2n) is 19.8. The second-order valence-corrected chi connectivity index (χ2v) is 19.8. The number of alkyl carbamates (subject to hydrolysis) is 1. The van der Waals surface area contributed by atoms with Crippen molar-refractivity contribution in [1.29, 1.82) is 0 Å². The summed E-state index contributed by atoms with van der Waals surface area (Å²) >= 11 is 0. The number of carbonyl (C=O) groups excluding carboxylic acids is 2. The summed E-state index contributed by atoms with van der Waals surface area (Å²) < 4.78 is 28.1. The van der Waals surface area contributed by atoms with E-state index in [4.69, 9.17) is 23.7 Å². The van der Waals surface area contributed by atoms with E-state index in [9.17, 15) is 24.6 Å². The summed E-state index contributed by atoms with van der Waals surface area (Å²) in [6, 6.07) is 0. The number of hydrogen-bond donors (Lipinski definition) is 3. The van der Waals surface area contributed by atoms with Crippen LogP contribution in [-0.4, -0.2) is 91.7 Å². The molecule has 11 nitrogen and oxygen atoms in total. The number of aliphatic carboxylic acids is 1. The zero-order valence-electron chi connectivity index (χ0n) is 33.1. The van der Waals surface area contributed by atoms with Crippen LogP contribution in [0.5, 0.6) is 0 Å². The Bertz CT molecular complexity index is 1360. The molecule has 11 atom stereocenters. The van der Waals surface area contributed by atoms with Gasteiger partial charge in [-0.1, -0.05) is 34.6 Å². The number of rotatable bonds is 12. The molecule has 6 rings (SSSR count). The Morgan fingerprint density at radius 2 is 1.52 bits per heavy atom. The van der Waals surface area contributed by atoms with Crippen LogP contribution in [-0.2, 0) is 33.3 Å². The summed E-state index contributed by atoms with van der Waals surface area (Å²) in [6.45, 7) is 18.9. The number of esters is 1. The SMILES string of the molecule is CC(C)(C)OC(=O)NCCOCCOCC(=O)OC[C@]1([C@@H]2CC[C@]3(C(=O)O)CC[C@]4(C)C(CC[C@@H]5[C@@]6(C)CC[C@@H](O)C(C)(C)[C@@H]6CC[C@]54C)[C@H]23)CO1. The van der Waals surface area contributed by atoms with Crippen LogP contribution in [0.1, 0.15) is 120 Å². The number of hydrogen-bond acceptors (Lipinski definition) is 9. The Hall–Kier alpha value is -1.95. The maximum absolute atomic E-state index is 13.3. The molecule has 1 saturated heterocycles. The van der Waals surface area contributed by atoms with Crippen molar-refractivity contribution in [1.82, 2.24) is 5.32 Å². The molecule has 6 aliphatic rings. The molecule has 0 spiro atoms. The zero-order chi connectivity index (χ0) is 38.0. The highest BCUT2D eigenvalue weighted by Gasteiger charge is 2.74. The standard InChI is InChI=1S/C41H67NO10/c1-35(2,3)52-34(47)42-19-20-48-21-22-49-23-31(44)50-24-41(25-51-41)27-11-16-40(33(45)46)18-17-38(7)26(32(27)40)9-10-29-37(6)14-13-30(43)36(4,5)28(37)12-15-39(29,38)8/h26-30,32,43H,9-25H2,1-8H3,(H,42,47)(H,45,46)/t26?,27-,28+,29-,30-,32-,37+,38-,39-,40+,41-/m1/s1. The molecule has 3 N–H and O–H groups in total. The average molecular weight is 734 g/mol. The van der Waals surface area contributed by atoms with Crippen LogP contribution in [0.25, 0.3) is 0 Å². The van der Waals surface area contributed by atoms with E-state index in [-0.39, 0.29) is 78.6 Å². The van der Waals surface area contributed by atoms with Crippen molar-refractivity contribution in [3.8, 4) is 0 Å². The molecule has 1 aliphatic heterocycles. The Morgan fingerprint density at radius 3 is 2.19 bits per heavy atom. The molecule has 1 amide bonds. The molecule has 5 aliphatic carbocycles. The van der Waals surface area contributed by atoms with Gasteiger partial charge in [0.1, 0.15) is 24.4 Å². The fourth-order valence-corrected chi connectivity index (χ4v) is 13.2. The molecule has 52 heavy (non-hydrogen) atoms. The lowest BCUT2D eigenvalue weighted by atomic mass is 9.32. The first kappa shape index (κ1) is 39.7. The van der Waals surface area contributed by atoms with Gasteiger partial charge in [0.15, 0.2) is 0 Å². The normalized spacial score (nSPS) is 43.2. The number of carboxylic acids is 1. The molecule has 0 aromatic rings. The monoisotopic (exact) mass is 733 g/mol. The van der Waals surface area contributed by atoms with E-state index in [0.29, 0.717) is 37.8 Å². The maximum atomic E-state index is 13.3. The highest BCUT2D eigenvalue weighted by atomic mass is 16.6. The predicted molar refractivity (Wildman–Crippen MR) is 193 cm³/mol. The van der Waals surface area contributed by atoms with Crippen molar-refractivity contribution in [3.05, 3.63) is 0 Å². The van der Waals surface area contributed by atoms with Gasteiger partial charge in [-0.3, -0.25) is 4.79 Å². The van der Waals surface area contributed by atoms with Crippen LogP contribution in [0.4, 0.5) is 4.79 Å². The molecular formula is C41H67NO10. The molecular weight excluding hydrogens is 666 g/mol. The van der Waals surface area contributed by atoms with E-state index in [1.165, 1.54) is 0 Å². The summed E-state index contributed by atoms with van der Waals surface area (Å²) in [5.74, 6) is 0.109. The number of fused-ring (bicyclic) bond motifs is 7. The molecule has 1 unspecified atom stereocenters. The van der Waals surface area contributed by atoms with E-state index in [1.807, 2.05) is 0 Å². The van der Waals surface area contributed by atoms with Gasteiger partial charge in [-0.2, -0.15) is 0 Å². The van der Waals surface area contributed by atoms with Gasteiger partial charge in [0, 0.05) is 6.54 Å². The number of nitrogens with one attached hydrogen (secondary N) is 1. The summed E-state index contributed by atoms with van der Waals surface area (Å²) in [7, 11) is 0. The number of aliphatic hydroxyl groups excluding tert-OH is 1. The number of carbonyl (C=O) groups is 3. The van der Waals surface area contributed by atoms with Crippen LogP contribution in [0.3, 0.4) is 0 Å². The number of ether oxygens (including phenoxy) is 5. The highest BCUT2D eigenvalue weighted by molar-refractivity contribution is 5.76. The zero-order valence-corrected chi connectivity index (χ0v) is 33.1. The largest absolute Gasteiger partial charge is 0.481 e. The molecule has 0 aromatic heterocycles. The average Bonchev–Trinajstić information content (AvgIpc) is 3.73. The number of aliphatic hydroxyl groups is 1. The van der Waals surface area contributed by atoms with Crippen LogP contribution >= 0.6 is 0 Å². The van der Waals surface area contributed by atoms with E-state index in [1.54, 1.807) is 20.8 Å². The molecule has 0 radical (unpaired) electrons. The van der Waals surface area contributed by atoms with Crippen molar-refractivity contribution in [2.45, 2.75) is 137 Å². The van der Waals surface area contributed by atoms with Crippen molar-refractivity contribution in [3.63, 3.8) is 0 Å². The van der Waals surface area contributed by atoms with Crippen molar-refractivity contribution < 1.29 is 48.3 Å². The fraction of sp³-hybridized carbons (Fsp3) is 0.927. The Balaban J connectivity index is 1.06. The van der Waals surface area contributed by atoms with Crippen LogP contribution in [0.2, 0.25) is 0 Å². The smallest absolute Gasteiger partial charge is 0.407 e. The van der Waals surface area contributed by atoms with Crippen LogP contribution < -0.4 is 5.32 Å². The minimum Gasteiger partial charge on any atom is -0.481 e. The van der Waals surface area contributed by atoms with Gasteiger partial charge in [0.25, 0.3) is 0 Å². The number of amides is 1. The van der Waals surface area contributed by atoms with Gasteiger partial charge >= 0.3 is 18.0 Å². The van der Waals surface area contributed by atoms with Gasteiger partial charge in [-0.05, 0) is 136 Å². The van der Waals surface area contributed by atoms with Gasteiger partial charge in [-0.25, -0.2) is 9.59 Å². The van der Waals surface area contributed by atoms with Crippen LogP contribution in [0.15, 0.2) is 0 Å². The number of epoxide rings is 1. The molecule has 11 heteroatoms. The number of carboxylic acid groups (broad SMARTS) is 1. The summed E-state index contributed by atoms with van der Waals surface area (Å²) in [5, 5.41) is 24.6. The lowest BCUT2D eigenvalue weighted by Crippen LogP contribution is -2.67. The Kier molecular flexibility index (Phi) is 10.7. The molecule has 0 bridgehead atoms. The van der Waals surface area contributed by atoms with Crippen molar-refractivity contribution in [2.24, 2.45) is 56.7 Å². The molecule has 1 heterocycles. The Morgan fingerprint density at radius 1 is 0.808 bits per heavy atom. The summed E-state index contributed by atoms with van der Waals surface area (Å²) in [4.78, 5) is 37.8. The highest BCUT2D eigenvalue weighted by Crippen LogP contribution is 2.78. The molecule has 0 aromatic carbocycles. The van der Waals surface area contributed by atoms with Crippen LogP contribution in [0, 0.1) is 56.7 Å². The maximum Gasteiger partial charge on any atom is 0.407 e. The quantitative estimate of drug-likeness (QED) is 0.117. The lowest BCUT2D eigenvalue weighted by molar-refractivity contribution is -0.250. The van der Waals surface area contributed by atoms with Crippen molar-refractivity contribution >= 4 is 18.0 Å².